The highest BCUT2D eigenvalue weighted by Crippen LogP contribution is 2.39. The number of ether oxygens (including phenoxy) is 3. The van der Waals surface area contributed by atoms with E-state index >= 15 is 0 Å². The number of halogens is 1. The smallest absolute Gasteiger partial charge is 0.347 e. The fraction of sp³-hybridized carbons (Fsp3) is 0.407. The number of fused-ring (bicyclic) bond motifs is 1. The normalized spacial score (nSPS) is 14.9. The Kier molecular flexibility index (Phi) is 8.95. The number of nitro benzene ring substituents is 1. The van der Waals surface area contributed by atoms with E-state index in [2.05, 4.69) is 21.0 Å². The third kappa shape index (κ3) is 6.27. The number of rotatable bonds is 9. The van der Waals surface area contributed by atoms with Gasteiger partial charge in [0, 0.05) is 22.0 Å². The summed E-state index contributed by atoms with van der Waals surface area (Å²) < 4.78 is 17.9. The van der Waals surface area contributed by atoms with Crippen molar-refractivity contribution >= 4 is 44.7 Å². The van der Waals surface area contributed by atoms with Crippen molar-refractivity contribution in [3.8, 4) is 11.5 Å². The number of nitrogens with zero attached hydrogens (tertiary/aromatic N) is 4. The molecule has 1 heterocycles. The quantitative estimate of drug-likeness (QED) is 0.139. The second-order valence-corrected chi connectivity index (χ2v) is 10.1. The van der Waals surface area contributed by atoms with Gasteiger partial charge in [0.25, 0.3) is 5.56 Å². The van der Waals surface area contributed by atoms with Crippen molar-refractivity contribution in [2.75, 3.05) is 13.7 Å². The zero-order valence-electron chi connectivity index (χ0n) is 21.9. The van der Waals surface area contributed by atoms with Gasteiger partial charge in [-0.05, 0) is 51.0 Å². The first-order chi connectivity index (χ1) is 18.7. The molecule has 3 aromatic rings. The number of methoxy groups -OCH3 is 1. The van der Waals surface area contributed by atoms with Crippen molar-refractivity contribution in [1.82, 2.24) is 9.66 Å². The van der Waals surface area contributed by atoms with Crippen LogP contribution in [0.25, 0.3) is 10.9 Å². The average Bonchev–Trinajstić information content (AvgIpc) is 2.93. The SMILES string of the molecule is CCOC(=O)[C@H](C)Oc1c(OC)cc(C=Nn2c(C3CCCCC3)nc3ccc(Br)cc3c2=O)cc1[N+](=O)[O-]. The summed E-state index contributed by atoms with van der Waals surface area (Å²) in [6.07, 6.45) is 5.26. The Morgan fingerprint density at radius 2 is 2.03 bits per heavy atom. The Balaban J connectivity index is 1.79. The van der Waals surface area contributed by atoms with Gasteiger partial charge in [0.1, 0.15) is 5.82 Å². The summed E-state index contributed by atoms with van der Waals surface area (Å²) in [7, 11) is 1.33. The van der Waals surface area contributed by atoms with Crippen LogP contribution >= 0.6 is 15.9 Å². The molecule has 1 aliphatic rings. The monoisotopic (exact) mass is 600 g/mol. The lowest BCUT2D eigenvalue weighted by atomic mass is 9.88. The van der Waals surface area contributed by atoms with Crippen LogP contribution in [-0.4, -0.2) is 46.6 Å². The zero-order valence-corrected chi connectivity index (χ0v) is 23.5. The van der Waals surface area contributed by atoms with E-state index in [1.807, 2.05) is 6.07 Å². The first-order valence-electron chi connectivity index (χ1n) is 12.7. The summed E-state index contributed by atoms with van der Waals surface area (Å²) in [5.41, 5.74) is 0.130. The van der Waals surface area contributed by atoms with E-state index in [1.54, 1.807) is 19.1 Å². The minimum Gasteiger partial charge on any atom is -0.493 e. The van der Waals surface area contributed by atoms with E-state index in [-0.39, 0.29) is 29.6 Å². The Hall–Kier alpha value is -3.80. The molecule has 12 heteroatoms. The molecule has 39 heavy (non-hydrogen) atoms. The fourth-order valence-corrected chi connectivity index (χ4v) is 4.96. The Labute approximate surface area is 233 Å². The maximum atomic E-state index is 13.5. The number of hydrogen-bond acceptors (Lipinski definition) is 9. The summed E-state index contributed by atoms with van der Waals surface area (Å²) in [6, 6.07) is 8.07. The lowest BCUT2D eigenvalue weighted by Crippen LogP contribution is -2.26. The molecule has 0 bridgehead atoms. The van der Waals surface area contributed by atoms with Gasteiger partial charge < -0.3 is 14.2 Å². The second-order valence-electron chi connectivity index (χ2n) is 9.17. The largest absolute Gasteiger partial charge is 0.493 e. The minimum atomic E-state index is -1.10. The van der Waals surface area contributed by atoms with Crippen LogP contribution in [0.4, 0.5) is 5.69 Å². The fourth-order valence-electron chi connectivity index (χ4n) is 4.60. The first-order valence-corrected chi connectivity index (χ1v) is 13.5. The van der Waals surface area contributed by atoms with E-state index in [1.165, 1.54) is 37.1 Å². The van der Waals surface area contributed by atoms with Gasteiger partial charge in [0.15, 0.2) is 11.9 Å². The summed E-state index contributed by atoms with van der Waals surface area (Å²) in [5, 5.41) is 16.8. The highest BCUT2D eigenvalue weighted by molar-refractivity contribution is 9.10. The minimum absolute atomic E-state index is 0.0298. The summed E-state index contributed by atoms with van der Waals surface area (Å²) in [4.78, 5) is 41.7. The highest BCUT2D eigenvalue weighted by atomic mass is 79.9. The van der Waals surface area contributed by atoms with Gasteiger partial charge in [-0.1, -0.05) is 35.2 Å². The molecular formula is C27H29BrN4O7. The molecule has 1 atom stereocenters. The van der Waals surface area contributed by atoms with E-state index in [0.717, 1.165) is 36.6 Å². The van der Waals surface area contributed by atoms with Gasteiger partial charge in [-0.3, -0.25) is 14.9 Å². The van der Waals surface area contributed by atoms with Crippen LogP contribution in [-0.2, 0) is 9.53 Å². The van der Waals surface area contributed by atoms with E-state index < -0.39 is 22.7 Å². The highest BCUT2D eigenvalue weighted by Gasteiger charge is 2.27. The summed E-state index contributed by atoms with van der Waals surface area (Å²) in [5.74, 6) is -0.208. The molecule has 0 aliphatic heterocycles. The molecule has 4 rings (SSSR count). The molecule has 0 radical (unpaired) electrons. The topological polar surface area (TPSA) is 135 Å². The first kappa shape index (κ1) is 28.2. The number of nitro groups is 1. The van der Waals surface area contributed by atoms with Gasteiger partial charge in [-0.2, -0.15) is 9.78 Å². The second kappa shape index (κ2) is 12.4. The van der Waals surface area contributed by atoms with Crippen LogP contribution < -0.4 is 15.0 Å². The molecule has 0 N–H and O–H groups in total. The lowest BCUT2D eigenvalue weighted by molar-refractivity contribution is -0.386. The molecule has 11 nitrogen and oxygen atoms in total. The predicted octanol–water partition coefficient (Wildman–Crippen LogP) is 5.34. The van der Waals surface area contributed by atoms with Crippen LogP contribution in [0.15, 0.2) is 44.7 Å². The van der Waals surface area contributed by atoms with Gasteiger partial charge in [0.2, 0.25) is 5.75 Å². The van der Waals surface area contributed by atoms with Gasteiger partial charge in [-0.15, -0.1) is 0 Å². The lowest BCUT2D eigenvalue weighted by Gasteiger charge is -2.22. The third-order valence-corrected chi connectivity index (χ3v) is 7.01. The van der Waals surface area contributed by atoms with Crippen molar-refractivity contribution in [2.24, 2.45) is 5.10 Å². The standard InChI is InChI=1S/C27H29BrN4O7/c1-4-38-27(34)16(2)39-24-22(32(35)36)12-17(13-23(24)37-3)15-29-31-25(18-8-6-5-7-9-18)30-21-11-10-19(28)14-20(21)26(31)33/h10-16,18H,4-9H2,1-3H3/t16-/m0/s1. The number of carbonyl (C=O) groups excluding carboxylic acids is 1. The van der Waals surface area contributed by atoms with Gasteiger partial charge >= 0.3 is 11.7 Å². The number of hydrogen-bond donors (Lipinski definition) is 0. The third-order valence-electron chi connectivity index (χ3n) is 6.51. The van der Waals surface area contributed by atoms with Crippen LogP contribution in [0.1, 0.15) is 63.3 Å². The maximum Gasteiger partial charge on any atom is 0.347 e. The zero-order chi connectivity index (χ0) is 28.1. The van der Waals surface area contributed by atoms with Crippen LogP contribution in [0.3, 0.4) is 0 Å². The Morgan fingerprint density at radius 3 is 2.69 bits per heavy atom. The molecule has 1 aliphatic carbocycles. The Morgan fingerprint density at radius 1 is 1.28 bits per heavy atom. The molecule has 1 aromatic heterocycles. The molecule has 0 unspecified atom stereocenters. The van der Waals surface area contributed by atoms with Gasteiger partial charge in [0.05, 0.1) is 35.8 Å². The van der Waals surface area contributed by atoms with Crippen molar-refractivity contribution in [3.63, 3.8) is 0 Å². The molecule has 0 saturated heterocycles. The number of benzene rings is 2. The van der Waals surface area contributed by atoms with E-state index in [4.69, 9.17) is 19.2 Å². The van der Waals surface area contributed by atoms with Crippen molar-refractivity contribution in [1.29, 1.82) is 0 Å². The van der Waals surface area contributed by atoms with Crippen molar-refractivity contribution in [3.05, 3.63) is 66.7 Å². The van der Waals surface area contributed by atoms with Crippen LogP contribution in [0, 0.1) is 10.1 Å². The van der Waals surface area contributed by atoms with Gasteiger partial charge in [-0.25, -0.2) is 9.78 Å². The number of esters is 1. The van der Waals surface area contributed by atoms with Crippen molar-refractivity contribution < 1.29 is 23.9 Å². The molecular weight excluding hydrogens is 572 g/mol. The molecule has 0 amide bonds. The van der Waals surface area contributed by atoms with Crippen LogP contribution in [0.5, 0.6) is 11.5 Å². The van der Waals surface area contributed by atoms with E-state index in [9.17, 15) is 19.7 Å². The van der Waals surface area contributed by atoms with E-state index in [0.29, 0.717) is 22.3 Å². The van der Waals surface area contributed by atoms with Crippen molar-refractivity contribution in [2.45, 2.75) is 58.0 Å². The molecule has 0 spiro atoms. The molecule has 206 valence electrons. The maximum absolute atomic E-state index is 13.5. The number of aromatic nitrogens is 2. The molecule has 1 saturated carbocycles. The number of carbonyl (C=O) groups is 1. The molecule has 1 fully saturated rings. The summed E-state index contributed by atoms with van der Waals surface area (Å²) in [6.45, 7) is 3.22. The molecule has 2 aromatic carbocycles. The van der Waals surface area contributed by atoms with Crippen LogP contribution in [0.2, 0.25) is 0 Å². The Bertz CT molecular complexity index is 1480. The summed E-state index contributed by atoms with van der Waals surface area (Å²) >= 11 is 3.41. The average molecular weight is 601 g/mol. The predicted molar refractivity (Wildman–Crippen MR) is 149 cm³/mol.